The van der Waals surface area contributed by atoms with Crippen molar-refractivity contribution >= 4 is 11.6 Å². The summed E-state index contributed by atoms with van der Waals surface area (Å²) >= 11 is 0. The fourth-order valence-corrected chi connectivity index (χ4v) is 8.52. The molecule has 0 saturated carbocycles. The van der Waals surface area contributed by atoms with E-state index in [2.05, 4.69) is 100 Å². The molecule has 2 aromatic carbocycles. The van der Waals surface area contributed by atoms with Crippen molar-refractivity contribution < 1.29 is 0 Å². The Morgan fingerprint density at radius 3 is 1.89 bits per heavy atom. The van der Waals surface area contributed by atoms with E-state index in [1.165, 1.54) is 11.1 Å². The molecule has 0 saturated heterocycles. The van der Waals surface area contributed by atoms with E-state index in [0.717, 1.165) is 99.4 Å². The van der Waals surface area contributed by atoms with Gasteiger partial charge in [-0.2, -0.15) is 20.4 Å². The van der Waals surface area contributed by atoms with Gasteiger partial charge in [-0.05, 0) is 61.1 Å². The first kappa shape index (κ1) is 34.6. The Morgan fingerprint density at radius 2 is 1.28 bits per heavy atom. The molecule has 288 valence electrons. The Labute approximate surface area is 329 Å². The number of hydrogen-bond acceptors (Lipinski definition) is 10. The van der Waals surface area contributed by atoms with Gasteiger partial charge in [0.2, 0.25) is 0 Å². The molecule has 6 aromatic heterocycles. The topological polar surface area (TPSA) is 157 Å². The third kappa shape index (κ3) is 6.26. The number of anilines is 2. The van der Waals surface area contributed by atoms with Gasteiger partial charge in [0.25, 0.3) is 0 Å². The first-order chi connectivity index (χ1) is 27.8. The van der Waals surface area contributed by atoms with Crippen molar-refractivity contribution in [1.29, 1.82) is 0 Å². The largest absolute Gasteiger partial charge is 0.363 e. The molecule has 8 aromatic rings. The van der Waals surface area contributed by atoms with Crippen molar-refractivity contribution in [1.82, 2.24) is 69.1 Å². The zero-order valence-electron chi connectivity index (χ0n) is 32.7. The molecule has 10 rings (SSSR count). The van der Waals surface area contributed by atoms with E-state index in [1.54, 1.807) is 0 Å². The highest BCUT2D eigenvalue weighted by molar-refractivity contribution is 5.76. The molecule has 2 unspecified atom stereocenters. The van der Waals surface area contributed by atoms with Crippen molar-refractivity contribution in [3.05, 3.63) is 108 Å². The third-order valence-electron chi connectivity index (χ3n) is 11.3. The summed E-state index contributed by atoms with van der Waals surface area (Å²) in [4.78, 5) is 0. The SMILES string of the molecule is Cc1cc(NC2CCn3nnc(C)c3-c3ccc(-c4cnn(C)c4)cc32)n(CCc2nnn3c2-c2ccc(-c4cnn(C)c4)cc2C(Nc2ccnn2C)CC3)n1. The van der Waals surface area contributed by atoms with Gasteiger partial charge >= 0.3 is 0 Å². The van der Waals surface area contributed by atoms with Crippen LogP contribution < -0.4 is 10.6 Å². The summed E-state index contributed by atoms with van der Waals surface area (Å²) in [6.07, 6.45) is 12.1. The summed E-state index contributed by atoms with van der Waals surface area (Å²) in [5, 5.41) is 44.4. The molecule has 2 aliphatic heterocycles. The van der Waals surface area contributed by atoms with Crippen molar-refractivity contribution in [2.75, 3.05) is 10.6 Å². The summed E-state index contributed by atoms with van der Waals surface area (Å²) in [5.74, 6) is 1.93. The second kappa shape index (κ2) is 13.7. The molecule has 0 amide bonds. The van der Waals surface area contributed by atoms with Crippen LogP contribution in [0.2, 0.25) is 0 Å². The molecule has 0 radical (unpaired) electrons. The van der Waals surface area contributed by atoms with Crippen molar-refractivity contribution in [2.45, 2.75) is 64.8 Å². The average molecular weight is 761 g/mol. The van der Waals surface area contributed by atoms with Crippen LogP contribution in [-0.2, 0) is 47.2 Å². The molecule has 2 N–H and O–H groups in total. The Morgan fingerprint density at radius 1 is 0.667 bits per heavy atom. The highest BCUT2D eigenvalue weighted by Gasteiger charge is 2.29. The van der Waals surface area contributed by atoms with Gasteiger partial charge in [-0.15, -0.1) is 10.2 Å². The Balaban J connectivity index is 0.968. The van der Waals surface area contributed by atoms with E-state index >= 15 is 0 Å². The molecule has 0 spiro atoms. The molecule has 2 aliphatic rings. The average Bonchev–Trinajstić information content (AvgIpc) is 4.07. The van der Waals surface area contributed by atoms with E-state index in [0.29, 0.717) is 13.0 Å². The number of aromatic nitrogens is 14. The van der Waals surface area contributed by atoms with Crippen LogP contribution in [0.3, 0.4) is 0 Å². The number of nitrogens with one attached hydrogen (secondary N) is 2. The molecule has 16 heteroatoms. The Hall–Kier alpha value is -6.84. The van der Waals surface area contributed by atoms with E-state index in [-0.39, 0.29) is 12.1 Å². The van der Waals surface area contributed by atoms with Crippen LogP contribution in [-0.4, -0.2) is 69.1 Å². The minimum atomic E-state index is 0.00265. The number of fused-ring (bicyclic) bond motifs is 6. The zero-order chi connectivity index (χ0) is 38.8. The van der Waals surface area contributed by atoms with Crippen LogP contribution in [0.4, 0.5) is 11.6 Å². The minimum Gasteiger partial charge on any atom is -0.363 e. The Kier molecular flexibility index (Phi) is 8.34. The smallest absolute Gasteiger partial charge is 0.124 e. The highest BCUT2D eigenvalue weighted by atomic mass is 15.4. The second-order valence-corrected chi connectivity index (χ2v) is 15.2. The lowest BCUT2D eigenvalue weighted by molar-refractivity contribution is 0.532. The molecular formula is C41H44N16. The lowest BCUT2D eigenvalue weighted by Crippen LogP contribution is -2.17. The maximum Gasteiger partial charge on any atom is 0.124 e. The van der Waals surface area contributed by atoms with E-state index in [9.17, 15) is 0 Å². The van der Waals surface area contributed by atoms with Gasteiger partial charge in [-0.3, -0.25) is 14.0 Å². The summed E-state index contributed by atoms with van der Waals surface area (Å²) in [5.41, 5.74) is 14.0. The molecule has 0 fully saturated rings. The first-order valence-electron chi connectivity index (χ1n) is 19.4. The van der Waals surface area contributed by atoms with Gasteiger partial charge in [0, 0.05) is 94.0 Å². The third-order valence-corrected chi connectivity index (χ3v) is 11.3. The van der Waals surface area contributed by atoms with Crippen LogP contribution in [0, 0.1) is 13.8 Å². The normalized spacial score (nSPS) is 16.0. The van der Waals surface area contributed by atoms with Crippen LogP contribution in [0.15, 0.2) is 79.5 Å². The van der Waals surface area contributed by atoms with E-state index in [4.69, 9.17) is 15.4 Å². The maximum atomic E-state index is 4.99. The highest BCUT2D eigenvalue weighted by Crippen LogP contribution is 2.41. The number of rotatable bonds is 9. The molecule has 8 heterocycles. The summed E-state index contributed by atoms with van der Waals surface area (Å²) < 4.78 is 11.7. The predicted molar refractivity (Wildman–Crippen MR) is 216 cm³/mol. The minimum absolute atomic E-state index is 0.00265. The molecule has 16 nitrogen and oxygen atoms in total. The van der Waals surface area contributed by atoms with Gasteiger partial charge in [0.05, 0.1) is 59.1 Å². The molecular weight excluding hydrogens is 717 g/mol. The fourth-order valence-electron chi connectivity index (χ4n) is 8.52. The van der Waals surface area contributed by atoms with Crippen LogP contribution in [0.1, 0.15) is 53.1 Å². The summed E-state index contributed by atoms with van der Waals surface area (Å²) in [7, 11) is 5.85. The van der Waals surface area contributed by atoms with Crippen molar-refractivity contribution in [3.8, 4) is 44.8 Å². The molecule has 0 aliphatic carbocycles. The zero-order valence-corrected chi connectivity index (χ0v) is 32.7. The molecule has 0 bridgehead atoms. The van der Waals surface area contributed by atoms with E-state index in [1.807, 2.05) is 78.4 Å². The quantitative estimate of drug-likeness (QED) is 0.181. The fraction of sp³-hybridized carbons (Fsp3) is 0.317. The van der Waals surface area contributed by atoms with Crippen LogP contribution in [0.5, 0.6) is 0 Å². The lowest BCUT2D eigenvalue weighted by Gasteiger charge is -2.22. The maximum absolute atomic E-state index is 4.99. The van der Waals surface area contributed by atoms with Crippen molar-refractivity contribution in [2.24, 2.45) is 21.1 Å². The van der Waals surface area contributed by atoms with Gasteiger partial charge in [0.1, 0.15) is 11.6 Å². The van der Waals surface area contributed by atoms with Gasteiger partial charge in [-0.1, -0.05) is 34.7 Å². The number of benzene rings is 2. The van der Waals surface area contributed by atoms with Gasteiger partial charge in [0.15, 0.2) is 0 Å². The summed E-state index contributed by atoms with van der Waals surface area (Å²) in [6.45, 7) is 6.16. The van der Waals surface area contributed by atoms with E-state index < -0.39 is 0 Å². The number of aryl methyl sites for hydroxylation is 9. The number of nitrogens with zero attached hydrogens (tertiary/aromatic N) is 14. The molecule has 2 atom stereocenters. The lowest BCUT2D eigenvalue weighted by atomic mass is 9.92. The summed E-state index contributed by atoms with van der Waals surface area (Å²) in [6, 6.07) is 17.5. The molecule has 57 heavy (non-hydrogen) atoms. The first-order valence-corrected chi connectivity index (χ1v) is 19.4. The standard InChI is InChI=1S/C41H44N16/c1-25-18-39(46-36-11-16-56-40(26(2)47-50-56)31-8-6-27(19-33(31)36)29-21-43-52(3)23-29)55(49-25)15-13-37-41-32-9-7-28(30-22-44-53(4)24-30)20-34(32)35(12-17-57(41)51-48-37)45-38-10-14-42-54(38)5/h6-10,14,18-24,35-36,45-46H,11-13,15-17H2,1-5H3. The van der Waals surface area contributed by atoms with Gasteiger partial charge in [-0.25, -0.2) is 14.0 Å². The van der Waals surface area contributed by atoms with Crippen LogP contribution >= 0.6 is 0 Å². The van der Waals surface area contributed by atoms with Crippen LogP contribution in [0.25, 0.3) is 44.8 Å². The van der Waals surface area contributed by atoms with Crippen molar-refractivity contribution in [3.63, 3.8) is 0 Å². The number of hydrogen-bond donors (Lipinski definition) is 2. The Bertz CT molecular complexity index is 2750. The van der Waals surface area contributed by atoms with Gasteiger partial charge < -0.3 is 10.6 Å². The second-order valence-electron chi connectivity index (χ2n) is 15.2. The predicted octanol–water partition coefficient (Wildman–Crippen LogP) is 5.91. The monoisotopic (exact) mass is 760 g/mol.